The van der Waals surface area contributed by atoms with Crippen LogP contribution >= 0.6 is 11.3 Å². The molecule has 12 aromatic rings. The Labute approximate surface area is 362 Å². The number of hydrogen-bond acceptors (Lipinski definition) is 4. The minimum absolute atomic E-state index is 0.675. The van der Waals surface area contributed by atoms with E-state index in [2.05, 4.69) is 200 Å². The highest BCUT2D eigenvalue weighted by Gasteiger charge is 2.18. The number of furan rings is 1. The first-order valence-corrected chi connectivity index (χ1v) is 21.7. The van der Waals surface area contributed by atoms with Crippen molar-refractivity contribution in [1.29, 1.82) is 0 Å². The van der Waals surface area contributed by atoms with E-state index in [0.717, 1.165) is 89.0 Å². The molecular weight excluding hydrogens is 773 g/mol. The molecule has 62 heavy (non-hydrogen) atoms. The normalized spacial score (nSPS) is 11.5. The Bertz CT molecular complexity index is 3630. The monoisotopic (exact) mass is 808 g/mol. The van der Waals surface area contributed by atoms with Crippen LogP contribution in [0.15, 0.2) is 223 Å². The lowest BCUT2D eigenvalue weighted by Gasteiger charge is -2.15. The second-order valence-corrected chi connectivity index (χ2v) is 16.8. The maximum absolute atomic E-state index is 6.23. The first-order valence-electron chi connectivity index (χ1n) is 20.9. The van der Waals surface area contributed by atoms with Crippen molar-refractivity contribution in [3.05, 3.63) is 218 Å². The summed E-state index contributed by atoms with van der Waals surface area (Å²) in [5.74, 6) is 0.675. The predicted molar refractivity (Wildman–Crippen MR) is 260 cm³/mol. The molecule has 0 fully saturated rings. The van der Waals surface area contributed by atoms with E-state index >= 15 is 0 Å². The van der Waals surface area contributed by atoms with Crippen LogP contribution in [-0.2, 0) is 0 Å². The summed E-state index contributed by atoms with van der Waals surface area (Å²) in [7, 11) is 0. The van der Waals surface area contributed by atoms with Crippen LogP contribution in [-0.4, -0.2) is 9.97 Å². The maximum atomic E-state index is 6.23. The summed E-state index contributed by atoms with van der Waals surface area (Å²) in [6, 6.07) is 77.6. The molecule has 0 saturated heterocycles. The van der Waals surface area contributed by atoms with E-state index in [1.54, 1.807) is 0 Å². The molecule has 0 N–H and O–H groups in total. The number of nitrogens with zero attached hydrogens (tertiary/aromatic N) is 2. The molecule has 0 radical (unpaired) electrons. The van der Waals surface area contributed by atoms with Crippen molar-refractivity contribution < 1.29 is 4.42 Å². The van der Waals surface area contributed by atoms with Gasteiger partial charge in [-0.25, -0.2) is 9.97 Å². The number of aromatic nitrogens is 2. The topological polar surface area (TPSA) is 38.9 Å². The smallest absolute Gasteiger partial charge is 0.160 e. The van der Waals surface area contributed by atoms with Gasteiger partial charge in [0.15, 0.2) is 5.82 Å². The molecule has 0 bridgehead atoms. The van der Waals surface area contributed by atoms with Crippen LogP contribution in [0.1, 0.15) is 0 Å². The van der Waals surface area contributed by atoms with E-state index < -0.39 is 0 Å². The van der Waals surface area contributed by atoms with E-state index in [9.17, 15) is 0 Å². The van der Waals surface area contributed by atoms with Gasteiger partial charge in [-0.2, -0.15) is 0 Å². The zero-order valence-electron chi connectivity index (χ0n) is 33.5. The largest absolute Gasteiger partial charge is 0.456 e. The van der Waals surface area contributed by atoms with Crippen molar-refractivity contribution in [3.63, 3.8) is 0 Å². The lowest BCUT2D eigenvalue weighted by atomic mass is 9.92. The molecule has 0 saturated carbocycles. The van der Waals surface area contributed by atoms with Crippen LogP contribution in [0.3, 0.4) is 0 Å². The molecule has 3 nitrogen and oxygen atoms in total. The van der Waals surface area contributed by atoms with Crippen LogP contribution < -0.4 is 0 Å². The van der Waals surface area contributed by atoms with Crippen LogP contribution in [0.25, 0.3) is 121 Å². The van der Waals surface area contributed by atoms with Gasteiger partial charge >= 0.3 is 0 Å². The lowest BCUT2D eigenvalue weighted by Crippen LogP contribution is -1.97. The fraction of sp³-hybridized carbons (Fsp3) is 0. The molecule has 0 aliphatic rings. The number of rotatable bonds is 7. The van der Waals surface area contributed by atoms with Gasteiger partial charge in [0.05, 0.1) is 11.4 Å². The Morgan fingerprint density at radius 3 is 1.52 bits per heavy atom. The van der Waals surface area contributed by atoms with Gasteiger partial charge in [-0.1, -0.05) is 152 Å². The van der Waals surface area contributed by atoms with Crippen molar-refractivity contribution in [2.45, 2.75) is 0 Å². The lowest BCUT2D eigenvalue weighted by molar-refractivity contribution is 0.669. The van der Waals surface area contributed by atoms with Gasteiger partial charge in [0, 0.05) is 47.6 Å². The molecule has 0 spiro atoms. The van der Waals surface area contributed by atoms with Gasteiger partial charge in [-0.05, 0) is 111 Å². The maximum Gasteiger partial charge on any atom is 0.160 e. The summed E-state index contributed by atoms with van der Waals surface area (Å²) < 4.78 is 8.80. The van der Waals surface area contributed by atoms with Gasteiger partial charge in [0.1, 0.15) is 11.2 Å². The van der Waals surface area contributed by atoms with Crippen molar-refractivity contribution >= 4 is 53.4 Å². The van der Waals surface area contributed by atoms with E-state index in [-0.39, 0.29) is 0 Å². The Hall–Kier alpha value is -7.92. The molecule has 3 heterocycles. The van der Waals surface area contributed by atoms with Gasteiger partial charge in [0.25, 0.3) is 0 Å². The van der Waals surface area contributed by atoms with E-state index in [1.807, 2.05) is 29.5 Å². The van der Waals surface area contributed by atoms with E-state index in [1.165, 1.54) is 25.7 Å². The standard InChI is InChI=1S/C58H36N2OS/c1-4-15-37(16-5-1)41-29-43(40-27-28-55-51(35-40)48-21-10-12-25-54(48)61-55)33-45(31-41)52-36-53(60-58(59-52)39-19-8-3-9-20-39)46-32-42(38-17-6-2-7-18-38)30-44(34-46)47-23-14-24-50-49-22-11-13-26-56(49)62-57(47)50/h1-36H. The zero-order valence-corrected chi connectivity index (χ0v) is 34.3. The zero-order chi connectivity index (χ0) is 41.0. The molecule has 0 aliphatic carbocycles. The first-order chi connectivity index (χ1) is 30.7. The first kappa shape index (κ1) is 36.0. The minimum atomic E-state index is 0.675. The van der Waals surface area contributed by atoms with E-state index in [0.29, 0.717) is 5.82 Å². The third kappa shape index (κ3) is 6.46. The summed E-state index contributed by atoms with van der Waals surface area (Å²) in [6.45, 7) is 0. The minimum Gasteiger partial charge on any atom is -0.456 e. The number of fused-ring (bicyclic) bond motifs is 6. The van der Waals surface area contributed by atoms with Crippen LogP contribution in [0.4, 0.5) is 0 Å². The summed E-state index contributed by atoms with van der Waals surface area (Å²) in [6.07, 6.45) is 0. The van der Waals surface area contributed by atoms with Crippen molar-refractivity contribution in [2.24, 2.45) is 0 Å². The van der Waals surface area contributed by atoms with Crippen molar-refractivity contribution in [1.82, 2.24) is 9.97 Å². The average Bonchev–Trinajstić information content (AvgIpc) is 3.93. The van der Waals surface area contributed by atoms with Gasteiger partial charge < -0.3 is 4.42 Å². The molecule has 12 rings (SSSR count). The summed E-state index contributed by atoms with van der Waals surface area (Å²) in [5, 5.41) is 4.77. The Morgan fingerprint density at radius 2 is 0.823 bits per heavy atom. The van der Waals surface area contributed by atoms with Crippen LogP contribution in [0.2, 0.25) is 0 Å². The highest BCUT2D eigenvalue weighted by atomic mass is 32.1. The van der Waals surface area contributed by atoms with Crippen molar-refractivity contribution in [3.8, 4) is 78.4 Å². The average molecular weight is 809 g/mol. The third-order valence-corrected chi connectivity index (χ3v) is 13.1. The Kier molecular flexibility index (Phi) is 8.68. The Balaban J connectivity index is 1.08. The number of para-hydroxylation sites is 1. The van der Waals surface area contributed by atoms with Gasteiger partial charge in [-0.3, -0.25) is 0 Å². The SMILES string of the molecule is c1ccc(-c2cc(-c3ccc4oc5ccccc5c4c3)cc(-c3cc(-c4cc(-c5ccccc5)cc(-c5cccc6c5sc5ccccc56)c4)nc(-c4ccccc4)n3)c2)cc1. The number of hydrogen-bond donors (Lipinski definition) is 0. The Morgan fingerprint density at radius 1 is 0.306 bits per heavy atom. The highest BCUT2D eigenvalue weighted by Crippen LogP contribution is 2.43. The van der Waals surface area contributed by atoms with Crippen LogP contribution in [0.5, 0.6) is 0 Å². The second-order valence-electron chi connectivity index (χ2n) is 15.7. The van der Waals surface area contributed by atoms with Gasteiger partial charge in [0.2, 0.25) is 0 Å². The molecule has 3 aromatic heterocycles. The fourth-order valence-electron chi connectivity index (χ4n) is 8.81. The van der Waals surface area contributed by atoms with Crippen LogP contribution in [0, 0.1) is 0 Å². The molecule has 0 aliphatic heterocycles. The predicted octanol–water partition coefficient (Wildman–Crippen LogP) is 16.4. The fourth-order valence-corrected chi connectivity index (χ4v) is 10.0. The second kappa shape index (κ2) is 15.0. The third-order valence-electron chi connectivity index (χ3n) is 11.9. The summed E-state index contributed by atoms with van der Waals surface area (Å²) in [4.78, 5) is 10.7. The molecule has 0 unspecified atom stereocenters. The molecule has 0 amide bonds. The molecular formula is C58H36N2OS. The molecule has 290 valence electrons. The van der Waals surface area contributed by atoms with Gasteiger partial charge in [-0.15, -0.1) is 11.3 Å². The summed E-state index contributed by atoms with van der Waals surface area (Å²) >= 11 is 1.86. The highest BCUT2D eigenvalue weighted by molar-refractivity contribution is 7.26. The van der Waals surface area contributed by atoms with E-state index in [4.69, 9.17) is 14.4 Å². The molecule has 9 aromatic carbocycles. The number of benzene rings is 9. The summed E-state index contributed by atoms with van der Waals surface area (Å²) in [5.41, 5.74) is 15.6. The number of thiophene rings is 1. The van der Waals surface area contributed by atoms with Crippen molar-refractivity contribution in [2.75, 3.05) is 0 Å². The molecule has 0 atom stereocenters. The quantitative estimate of drug-likeness (QED) is 0.161. The molecule has 4 heteroatoms.